The Kier molecular flexibility index (Phi) is 4.92. The zero-order valence-corrected chi connectivity index (χ0v) is 15.0. The fourth-order valence-corrected chi connectivity index (χ4v) is 5.91. The third-order valence-electron chi connectivity index (χ3n) is 5.97. The van der Waals surface area contributed by atoms with Crippen molar-refractivity contribution in [1.82, 2.24) is 5.32 Å². The van der Waals surface area contributed by atoms with Crippen LogP contribution in [-0.4, -0.2) is 41.1 Å². The second-order valence-corrected chi connectivity index (χ2v) is 8.47. The highest BCUT2D eigenvalue weighted by molar-refractivity contribution is 6.65. The molecule has 3 atom stereocenters. The Morgan fingerprint density at radius 1 is 0.964 bits per heavy atom. The summed E-state index contributed by atoms with van der Waals surface area (Å²) in [6.07, 6.45) is -9.48. The van der Waals surface area contributed by atoms with Gasteiger partial charge in [-0.25, -0.2) is 4.79 Å². The molecular formula is C16H16ClF6NO4. The highest BCUT2D eigenvalue weighted by Crippen LogP contribution is 2.64. The Bertz CT molecular complexity index is 692. The van der Waals surface area contributed by atoms with Crippen LogP contribution in [0.3, 0.4) is 0 Å². The number of rotatable bonds is 4. The van der Waals surface area contributed by atoms with Gasteiger partial charge in [0.2, 0.25) is 5.24 Å². The maximum absolute atomic E-state index is 12.7. The molecule has 4 aliphatic carbocycles. The lowest BCUT2D eigenvalue weighted by Crippen LogP contribution is -2.65. The van der Waals surface area contributed by atoms with Crippen molar-refractivity contribution >= 4 is 28.7 Å². The van der Waals surface area contributed by atoms with Crippen LogP contribution in [0.15, 0.2) is 0 Å². The molecule has 4 bridgehead atoms. The maximum Gasteiger partial charge on any atom is 0.490 e. The zero-order valence-electron chi connectivity index (χ0n) is 14.3. The van der Waals surface area contributed by atoms with Crippen LogP contribution in [0.1, 0.15) is 38.5 Å². The van der Waals surface area contributed by atoms with E-state index in [1.165, 1.54) is 0 Å². The van der Waals surface area contributed by atoms with Crippen molar-refractivity contribution in [2.45, 2.75) is 62.5 Å². The summed E-state index contributed by atoms with van der Waals surface area (Å²) in [5.74, 6) is -5.23. The van der Waals surface area contributed by atoms with Gasteiger partial charge in [-0.1, -0.05) is 0 Å². The molecule has 12 heteroatoms. The number of ether oxygens (including phenoxy) is 1. The van der Waals surface area contributed by atoms with E-state index >= 15 is 0 Å². The van der Waals surface area contributed by atoms with Crippen LogP contribution >= 0.6 is 11.6 Å². The summed E-state index contributed by atoms with van der Waals surface area (Å²) >= 11 is 5.49. The lowest BCUT2D eigenvalue weighted by molar-refractivity contribution is -0.240. The van der Waals surface area contributed by atoms with E-state index in [9.17, 15) is 40.7 Å². The van der Waals surface area contributed by atoms with E-state index in [4.69, 9.17) is 16.3 Å². The SMILES string of the molecule is O=C(Cl)[C@@H](NC(=O)C(F)(F)F)C12CC3CC(CC(OC(=O)C(F)(F)F)(C3)C1)C2. The molecule has 0 radical (unpaired) electrons. The van der Waals surface area contributed by atoms with Crippen LogP contribution in [0.5, 0.6) is 0 Å². The minimum absolute atomic E-state index is 0.128. The van der Waals surface area contributed by atoms with E-state index in [1.807, 2.05) is 0 Å². The molecule has 0 spiro atoms. The smallest absolute Gasteiger partial charge is 0.452 e. The number of nitrogens with one attached hydrogen (secondary N) is 1. The van der Waals surface area contributed by atoms with E-state index < -0.39 is 46.5 Å². The Balaban J connectivity index is 1.91. The number of carbonyl (C=O) groups is 3. The molecule has 0 aromatic carbocycles. The number of alkyl halides is 6. The van der Waals surface area contributed by atoms with Crippen molar-refractivity contribution in [3.8, 4) is 0 Å². The number of hydrogen-bond acceptors (Lipinski definition) is 4. The molecule has 0 aliphatic heterocycles. The highest BCUT2D eigenvalue weighted by atomic mass is 35.5. The summed E-state index contributed by atoms with van der Waals surface area (Å²) in [5, 5.41) is 0.367. The quantitative estimate of drug-likeness (QED) is 0.418. The third-order valence-corrected chi connectivity index (χ3v) is 6.18. The Hall–Kier alpha value is -1.52. The second kappa shape index (κ2) is 6.50. The van der Waals surface area contributed by atoms with Gasteiger partial charge in [0, 0.05) is 5.41 Å². The highest BCUT2D eigenvalue weighted by Gasteiger charge is 2.64. The fraction of sp³-hybridized carbons (Fsp3) is 0.812. The fourth-order valence-electron chi connectivity index (χ4n) is 5.62. The number of esters is 1. The molecule has 4 aliphatic rings. The lowest BCUT2D eigenvalue weighted by atomic mass is 9.46. The molecule has 1 amide bonds. The van der Waals surface area contributed by atoms with Crippen molar-refractivity contribution in [1.29, 1.82) is 0 Å². The number of halogens is 7. The van der Waals surface area contributed by atoms with Crippen molar-refractivity contribution < 1.29 is 45.5 Å². The predicted octanol–water partition coefficient (Wildman–Crippen LogP) is 3.24. The van der Waals surface area contributed by atoms with Gasteiger partial charge in [-0.2, -0.15) is 26.3 Å². The second-order valence-electron chi connectivity index (χ2n) is 8.10. The Morgan fingerprint density at radius 2 is 1.50 bits per heavy atom. The van der Waals surface area contributed by atoms with Crippen LogP contribution < -0.4 is 5.32 Å². The minimum Gasteiger partial charge on any atom is -0.452 e. The van der Waals surface area contributed by atoms with Crippen molar-refractivity contribution in [2.75, 3.05) is 0 Å². The minimum atomic E-state index is -5.26. The first kappa shape index (κ1) is 21.2. The average molecular weight is 436 g/mol. The van der Waals surface area contributed by atoms with Gasteiger partial charge in [-0.05, 0) is 62.0 Å². The molecule has 4 saturated carbocycles. The van der Waals surface area contributed by atoms with Crippen LogP contribution in [0.25, 0.3) is 0 Å². The number of hydrogen-bond donors (Lipinski definition) is 1. The van der Waals surface area contributed by atoms with E-state index in [0.29, 0.717) is 6.42 Å². The monoisotopic (exact) mass is 435 g/mol. The van der Waals surface area contributed by atoms with Gasteiger partial charge in [0.25, 0.3) is 0 Å². The number of carbonyl (C=O) groups excluding carboxylic acids is 3. The zero-order chi connectivity index (χ0) is 21.1. The van der Waals surface area contributed by atoms with Crippen LogP contribution in [0, 0.1) is 17.3 Å². The van der Waals surface area contributed by atoms with E-state index in [0.717, 1.165) is 0 Å². The molecule has 28 heavy (non-hydrogen) atoms. The van der Waals surface area contributed by atoms with Crippen molar-refractivity contribution in [2.24, 2.45) is 17.3 Å². The first-order valence-electron chi connectivity index (χ1n) is 8.53. The first-order chi connectivity index (χ1) is 12.7. The van der Waals surface area contributed by atoms with Gasteiger partial charge >= 0.3 is 24.2 Å². The maximum atomic E-state index is 12.7. The normalized spacial score (nSPS) is 35.4. The standard InChI is InChI=1S/C16H16ClF6NO4/c17-10(25)9(24-11(26)15(18,19)20)13-2-7-1-8(3-13)5-14(4-7,6-13)28-12(27)16(21,22)23/h7-9H,1-6H2,(H,24,26)/t7?,8?,9-,13?,14?/m1/s1. The van der Waals surface area contributed by atoms with Gasteiger partial charge in [-0.3, -0.25) is 9.59 Å². The summed E-state index contributed by atoms with van der Waals surface area (Å²) in [6, 6.07) is -1.74. The van der Waals surface area contributed by atoms with Gasteiger partial charge in [0.1, 0.15) is 11.6 Å². The summed E-state index contributed by atoms with van der Waals surface area (Å²) in [4.78, 5) is 34.7. The first-order valence-corrected chi connectivity index (χ1v) is 8.91. The molecule has 158 valence electrons. The summed E-state index contributed by atoms with van der Waals surface area (Å²) in [7, 11) is 0. The molecule has 0 saturated heterocycles. The van der Waals surface area contributed by atoms with Gasteiger partial charge in [-0.15, -0.1) is 0 Å². The van der Waals surface area contributed by atoms with Crippen molar-refractivity contribution in [3.05, 3.63) is 0 Å². The molecule has 0 aromatic rings. The van der Waals surface area contributed by atoms with Gasteiger partial charge in [0.05, 0.1) is 0 Å². The Morgan fingerprint density at radius 3 is 1.93 bits per heavy atom. The van der Waals surface area contributed by atoms with Crippen LogP contribution in [-0.2, 0) is 19.1 Å². The molecule has 2 unspecified atom stereocenters. The lowest BCUT2D eigenvalue weighted by Gasteiger charge is -2.62. The van der Waals surface area contributed by atoms with Crippen LogP contribution in [0.4, 0.5) is 26.3 Å². The predicted molar refractivity (Wildman–Crippen MR) is 80.8 cm³/mol. The molecule has 0 aromatic heterocycles. The van der Waals surface area contributed by atoms with Gasteiger partial charge in [0.15, 0.2) is 0 Å². The molecule has 1 N–H and O–H groups in total. The van der Waals surface area contributed by atoms with Crippen LogP contribution in [0.2, 0.25) is 0 Å². The van der Waals surface area contributed by atoms with Crippen molar-refractivity contribution in [3.63, 3.8) is 0 Å². The summed E-state index contributed by atoms with van der Waals surface area (Å²) in [5.41, 5.74) is -2.83. The van der Waals surface area contributed by atoms with E-state index in [-0.39, 0.29) is 43.9 Å². The number of amides is 1. The third kappa shape index (κ3) is 3.81. The topological polar surface area (TPSA) is 72.5 Å². The molecule has 4 rings (SSSR count). The average Bonchev–Trinajstić information content (AvgIpc) is 2.48. The molecule has 0 heterocycles. The van der Waals surface area contributed by atoms with E-state index in [2.05, 4.69) is 0 Å². The Labute approximate surface area is 160 Å². The molecule has 5 nitrogen and oxygen atoms in total. The van der Waals surface area contributed by atoms with E-state index in [1.54, 1.807) is 5.32 Å². The molecule has 4 fully saturated rings. The van der Waals surface area contributed by atoms with Gasteiger partial charge < -0.3 is 10.1 Å². The summed E-state index contributed by atoms with van der Waals surface area (Å²) in [6.45, 7) is 0. The largest absolute Gasteiger partial charge is 0.490 e. The molecular weight excluding hydrogens is 420 g/mol. The summed E-state index contributed by atoms with van der Waals surface area (Å²) < 4.78 is 80.8.